The van der Waals surface area contributed by atoms with Gasteiger partial charge in [0.25, 0.3) is 5.78 Å². The molecule has 2 amide bonds. The van der Waals surface area contributed by atoms with Crippen LogP contribution in [-0.2, 0) is 29.1 Å². The Balaban J connectivity index is 0.000000139. The Morgan fingerprint density at radius 2 is 1.24 bits per heavy atom. The molecule has 0 saturated heterocycles. The second-order valence-corrected chi connectivity index (χ2v) is 9.63. The van der Waals surface area contributed by atoms with E-state index in [0.29, 0.717) is 24.4 Å². The third kappa shape index (κ3) is 4.25. The number of amides is 2. The molecule has 0 saturated carbocycles. The lowest BCUT2D eigenvalue weighted by molar-refractivity contribution is -0.117. The quantitative estimate of drug-likeness (QED) is 0.378. The zero-order chi connectivity index (χ0) is 22.8. The maximum Gasteiger partial charge on any atom is 0.300 e. The van der Waals surface area contributed by atoms with Gasteiger partial charge in [-0.25, -0.2) is 0 Å². The van der Waals surface area contributed by atoms with Crippen molar-refractivity contribution < 1.29 is 14.4 Å². The minimum absolute atomic E-state index is 0.214. The molecule has 0 radical (unpaired) electrons. The first-order chi connectivity index (χ1) is 16.1. The fourth-order valence-corrected chi connectivity index (χ4v) is 5.64. The highest BCUT2D eigenvalue weighted by atomic mass is 32.1. The average molecular weight is 473 g/mol. The number of fused-ring (bicyclic) bond motifs is 2. The number of benzene rings is 2. The molecule has 0 N–H and O–H groups in total. The predicted molar refractivity (Wildman–Crippen MR) is 132 cm³/mol. The number of rotatable bonds is 4. The van der Waals surface area contributed by atoms with Gasteiger partial charge in [0.1, 0.15) is 4.88 Å². The smallest absolute Gasteiger partial charge is 0.300 e. The second kappa shape index (κ2) is 9.13. The fourth-order valence-electron chi connectivity index (χ4n) is 3.95. The van der Waals surface area contributed by atoms with E-state index in [0.717, 1.165) is 16.9 Å². The van der Waals surface area contributed by atoms with Crippen LogP contribution in [0.25, 0.3) is 0 Å². The Morgan fingerprint density at radius 3 is 1.91 bits per heavy atom. The van der Waals surface area contributed by atoms with Crippen LogP contribution in [0.15, 0.2) is 83.6 Å². The van der Waals surface area contributed by atoms with E-state index in [9.17, 15) is 14.4 Å². The maximum atomic E-state index is 11.8. The topological polar surface area (TPSA) is 57.7 Å². The first kappa shape index (κ1) is 21.3. The Morgan fingerprint density at radius 1 is 0.667 bits per heavy atom. The van der Waals surface area contributed by atoms with Gasteiger partial charge >= 0.3 is 5.91 Å². The van der Waals surface area contributed by atoms with Crippen LogP contribution in [0.3, 0.4) is 0 Å². The summed E-state index contributed by atoms with van der Waals surface area (Å²) in [6, 6.07) is 23.6. The van der Waals surface area contributed by atoms with Crippen LogP contribution in [0, 0.1) is 0 Å². The lowest BCUT2D eigenvalue weighted by Gasteiger charge is -2.16. The molecule has 0 atom stereocenters. The SMILES string of the molecule is O=C1C(=O)N(Cc2ccccc2)c2ccsc21.O=C1Cc2sccc2N1Cc1ccccc1. The number of hydrogen-bond donors (Lipinski definition) is 0. The summed E-state index contributed by atoms with van der Waals surface area (Å²) in [5, 5.41) is 3.89. The Kier molecular flexibility index (Phi) is 5.90. The van der Waals surface area contributed by atoms with Crippen LogP contribution < -0.4 is 9.80 Å². The molecule has 4 heterocycles. The van der Waals surface area contributed by atoms with Gasteiger partial charge in [0.15, 0.2) is 0 Å². The van der Waals surface area contributed by atoms with Crippen molar-refractivity contribution in [3.8, 4) is 0 Å². The summed E-state index contributed by atoms with van der Waals surface area (Å²) in [6.45, 7) is 1.14. The van der Waals surface area contributed by atoms with Gasteiger partial charge in [-0.2, -0.15) is 0 Å². The molecule has 0 spiro atoms. The van der Waals surface area contributed by atoms with Crippen LogP contribution in [0.2, 0.25) is 0 Å². The normalized spacial score (nSPS) is 14.2. The first-order valence-electron chi connectivity index (χ1n) is 10.5. The molecule has 0 unspecified atom stereocenters. The van der Waals surface area contributed by atoms with Crippen LogP contribution in [0.1, 0.15) is 25.7 Å². The van der Waals surface area contributed by atoms with E-state index in [1.54, 1.807) is 16.2 Å². The lowest BCUT2D eigenvalue weighted by atomic mass is 10.2. The molecule has 2 aliphatic heterocycles. The molecule has 7 heteroatoms. The summed E-state index contributed by atoms with van der Waals surface area (Å²) in [5.74, 6) is -0.590. The number of hydrogen-bond acceptors (Lipinski definition) is 5. The van der Waals surface area contributed by atoms with Gasteiger partial charge in [-0.05, 0) is 34.0 Å². The Hall–Kier alpha value is -3.55. The van der Waals surface area contributed by atoms with Crippen molar-refractivity contribution in [3.05, 3.63) is 104 Å². The molecule has 0 aliphatic carbocycles. The van der Waals surface area contributed by atoms with Gasteiger partial charge in [-0.15, -0.1) is 22.7 Å². The van der Waals surface area contributed by atoms with Crippen molar-refractivity contribution in [3.63, 3.8) is 0 Å². The van der Waals surface area contributed by atoms with Crippen LogP contribution in [0.5, 0.6) is 0 Å². The summed E-state index contributed by atoms with van der Waals surface area (Å²) in [7, 11) is 0. The van der Waals surface area contributed by atoms with Gasteiger partial charge in [0, 0.05) is 4.88 Å². The van der Waals surface area contributed by atoms with E-state index in [4.69, 9.17) is 0 Å². The summed E-state index contributed by atoms with van der Waals surface area (Å²) in [6.07, 6.45) is 0.569. The van der Waals surface area contributed by atoms with Gasteiger partial charge in [0.2, 0.25) is 5.91 Å². The molecule has 2 aromatic heterocycles. The molecule has 2 aromatic carbocycles. The molecular formula is C26H20N2O3S2. The standard InChI is InChI=1S/C13H9NO2S.C13H11NOS/c15-11-12-10(6-7-17-12)14(13(11)16)8-9-4-2-1-3-5-9;15-13-8-12-11(6-7-16-12)14(13)9-10-4-2-1-3-5-10/h1-7H,8H2;1-7H,8-9H2. The first-order valence-corrected chi connectivity index (χ1v) is 12.3. The highest BCUT2D eigenvalue weighted by Gasteiger charge is 2.36. The van der Waals surface area contributed by atoms with Crippen molar-refractivity contribution in [2.24, 2.45) is 0 Å². The van der Waals surface area contributed by atoms with Gasteiger partial charge in [0.05, 0.1) is 30.9 Å². The molecule has 33 heavy (non-hydrogen) atoms. The molecular weight excluding hydrogens is 452 g/mol. The second-order valence-electron chi connectivity index (χ2n) is 7.71. The van der Waals surface area contributed by atoms with E-state index in [1.165, 1.54) is 21.8 Å². The summed E-state index contributed by atoms with van der Waals surface area (Å²) in [4.78, 5) is 40.5. The number of thiophene rings is 2. The van der Waals surface area contributed by atoms with Crippen LogP contribution in [-0.4, -0.2) is 17.6 Å². The summed E-state index contributed by atoms with van der Waals surface area (Å²) in [5.41, 5.74) is 4.04. The van der Waals surface area contributed by atoms with Crippen molar-refractivity contribution >= 4 is 51.6 Å². The highest BCUT2D eigenvalue weighted by Crippen LogP contribution is 2.35. The third-order valence-electron chi connectivity index (χ3n) is 5.57. The molecule has 2 aliphatic rings. The van der Waals surface area contributed by atoms with E-state index < -0.39 is 5.91 Å². The number of ketones is 1. The molecule has 164 valence electrons. The Labute approximate surface area is 199 Å². The zero-order valence-electron chi connectivity index (χ0n) is 17.6. The molecule has 0 bridgehead atoms. The monoisotopic (exact) mass is 472 g/mol. The number of nitrogens with zero attached hydrogens (tertiary/aromatic N) is 2. The van der Waals surface area contributed by atoms with E-state index in [2.05, 4.69) is 17.5 Å². The Bertz CT molecular complexity index is 1310. The minimum Gasteiger partial charge on any atom is -0.307 e. The number of Topliss-reactive ketones (excluding diaryl/α,β-unsaturated/α-hetero) is 1. The largest absolute Gasteiger partial charge is 0.307 e. The predicted octanol–water partition coefficient (Wildman–Crippen LogP) is 5.32. The summed E-state index contributed by atoms with van der Waals surface area (Å²) < 4.78 is 0. The zero-order valence-corrected chi connectivity index (χ0v) is 19.3. The summed E-state index contributed by atoms with van der Waals surface area (Å²) >= 11 is 2.99. The van der Waals surface area contributed by atoms with Crippen LogP contribution >= 0.6 is 22.7 Å². The van der Waals surface area contributed by atoms with E-state index in [1.807, 2.05) is 70.9 Å². The van der Waals surface area contributed by atoms with Gasteiger partial charge < -0.3 is 4.90 Å². The lowest BCUT2D eigenvalue weighted by Crippen LogP contribution is -2.29. The average Bonchev–Trinajstić information content (AvgIpc) is 3.60. The maximum absolute atomic E-state index is 11.8. The van der Waals surface area contributed by atoms with E-state index in [-0.39, 0.29) is 11.7 Å². The van der Waals surface area contributed by atoms with Crippen LogP contribution in [0.4, 0.5) is 11.4 Å². The van der Waals surface area contributed by atoms with Crippen molar-refractivity contribution in [2.45, 2.75) is 19.5 Å². The molecule has 4 aromatic rings. The van der Waals surface area contributed by atoms with Crippen molar-refractivity contribution in [2.75, 3.05) is 9.80 Å². The van der Waals surface area contributed by atoms with Crippen molar-refractivity contribution in [1.82, 2.24) is 0 Å². The fraction of sp³-hybridized carbons (Fsp3) is 0.115. The van der Waals surface area contributed by atoms with Crippen molar-refractivity contribution in [1.29, 1.82) is 0 Å². The van der Waals surface area contributed by atoms with Gasteiger partial charge in [-0.3, -0.25) is 19.3 Å². The number of carbonyl (C=O) groups is 3. The number of carbonyl (C=O) groups excluding carboxylic acids is 3. The number of anilines is 2. The van der Waals surface area contributed by atoms with Gasteiger partial charge in [-0.1, -0.05) is 60.7 Å². The van der Waals surface area contributed by atoms with E-state index >= 15 is 0 Å². The molecule has 5 nitrogen and oxygen atoms in total. The highest BCUT2D eigenvalue weighted by molar-refractivity contribution is 7.14. The molecule has 6 rings (SSSR count). The third-order valence-corrected chi connectivity index (χ3v) is 7.39. The molecule has 0 fully saturated rings. The minimum atomic E-state index is -0.421.